The zero-order valence-corrected chi connectivity index (χ0v) is 15.2. The maximum Gasteiger partial charge on any atom is 0.219 e. The number of rotatable bonds is 3. The number of piperidine rings is 1. The molecule has 0 unspecified atom stereocenters. The Morgan fingerprint density at radius 2 is 1.75 bits per heavy atom. The predicted octanol–water partition coefficient (Wildman–Crippen LogP) is 2.34. The lowest BCUT2D eigenvalue weighted by Crippen LogP contribution is -2.53. The molecule has 2 fully saturated rings. The fraction of sp³-hybridized carbons (Fsp3) is 0.684. The third-order valence-electron chi connectivity index (χ3n) is 5.41. The molecule has 2 aliphatic rings. The molecule has 132 valence electrons. The standard InChI is InChI=1S/C19H30N4O/c1-15(2)18-5-4-6-19(20-18)23-13-11-22(12-14-23)17-7-9-21(10-8-17)16(3)24/h4-6,15,17H,7-14H2,1-3H3. The van der Waals surface area contributed by atoms with Crippen molar-refractivity contribution in [1.29, 1.82) is 0 Å². The summed E-state index contributed by atoms with van der Waals surface area (Å²) in [5.74, 6) is 1.80. The van der Waals surface area contributed by atoms with Gasteiger partial charge in [0.05, 0.1) is 0 Å². The lowest BCUT2D eigenvalue weighted by molar-refractivity contribution is -0.130. The molecule has 0 radical (unpaired) electrons. The Bertz CT molecular complexity index is 558. The van der Waals surface area contributed by atoms with Crippen LogP contribution in [0.15, 0.2) is 18.2 Å². The van der Waals surface area contributed by atoms with Crippen molar-refractivity contribution in [2.45, 2.75) is 45.6 Å². The number of hydrogen-bond acceptors (Lipinski definition) is 4. The highest BCUT2D eigenvalue weighted by Crippen LogP contribution is 2.22. The van der Waals surface area contributed by atoms with Crippen molar-refractivity contribution in [2.24, 2.45) is 0 Å². The number of pyridine rings is 1. The number of anilines is 1. The Kier molecular flexibility index (Phi) is 5.39. The van der Waals surface area contributed by atoms with Gasteiger partial charge in [-0.05, 0) is 30.9 Å². The molecule has 0 N–H and O–H groups in total. The van der Waals surface area contributed by atoms with Gasteiger partial charge in [-0.25, -0.2) is 4.98 Å². The number of amides is 1. The van der Waals surface area contributed by atoms with Crippen LogP contribution in [-0.2, 0) is 4.79 Å². The second-order valence-electron chi connectivity index (χ2n) is 7.34. The number of aromatic nitrogens is 1. The number of carbonyl (C=O) groups is 1. The average molecular weight is 330 g/mol. The van der Waals surface area contributed by atoms with Gasteiger partial charge in [-0.3, -0.25) is 9.69 Å². The summed E-state index contributed by atoms with van der Waals surface area (Å²) in [5, 5.41) is 0. The van der Waals surface area contributed by atoms with Gasteiger partial charge in [0, 0.05) is 57.9 Å². The van der Waals surface area contributed by atoms with E-state index in [4.69, 9.17) is 4.98 Å². The normalized spacial score (nSPS) is 20.7. The van der Waals surface area contributed by atoms with E-state index in [1.165, 1.54) is 5.69 Å². The minimum atomic E-state index is 0.217. The number of hydrogen-bond donors (Lipinski definition) is 0. The maximum absolute atomic E-state index is 11.5. The Morgan fingerprint density at radius 1 is 1.08 bits per heavy atom. The highest BCUT2D eigenvalue weighted by Gasteiger charge is 2.28. The van der Waals surface area contributed by atoms with Crippen LogP contribution in [0.25, 0.3) is 0 Å². The quantitative estimate of drug-likeness (QED) is 0.853. The molecule has 0 aliphatic carbocycles. The van der Waals surface area contributed by atoms with E-state index in [1.807, 2.05) is 4.90 Å². The van der Waals surface area contributed by atoms with Crippen LogP contribution in [0.2, 0.25) is 0 Å². The minimum absolute atomic E-state index is 0.217. The lowest BCUT2D eigenvalue weighted by Gasteiger charge is -2.43. The predicted molar refractivity (Wildman–Crippen MR) is 97.4 cm³/mol. The van der Waals surface area contributed by atoms with E-state index < -0.39 is 0 Å². The van der Waals surface area contributed by atoms with E-state index in [1.54, 1.807) is 6.92 Å². The van der Waals surface area contributed by atoms with E-state index in [9.17, 15) is 4.79 Å². The molecule has 0 bridgehead atoms. The first-order valence-electron chi connectivity index (χ1n) is 9.26. The van der Waals surface area contributed by atoms with Gasteiger partial charge in [0.1, 0.15) is 5.82 Å². The molecule has 24 heavy (non-hydrogen) atoms. The van der Waals surface area contributed by atoms with Crippen molar-refractivity contribution in [3.05, 3.63) is 23.9 Å². The summed E-state index contributed by atoms with van der Waals surface area (Å²) in [6.45, 7) is 12.2. The third-order valence-corrected chi connectivity index (χ3v) is 5.41. The Morgan fingerprint density at radius 3 is 2.33 bits per heavy atom. The van der Waals surface area contributed by atoms with E-state index in [2.05, 4.69) is 41.8 Å². The first kappa shape index (κ1) is 17.2. The zero-order chi connectivity index (χ0) is 17.1. The molecular weight excluding hydrogens is 300 g/mol. The van der Waals surface area contributed by atoms with Crippen molar-refractivity contribution in [3.63, 3.8) is 0 Å². The average Bonchev–Trinajstić information content (AvgIpc) is 2.62. The summed E-state index contributed by atoms with van der Waals surface area (Å²) in [7, 11) is 0. The molecule has 5 heteroatoms. The second-order valence-corrected chi connectivity index (χ2v) is 7.34. The minimum Gasteiger partial charge on any atom is -0.354 e. The van der Waals surface area contributed by atoms with Crippen LogP contribution in [0.4, 0.5) is 5.82 Å². The van der Waals surface area contributed by atoms with Crippen molar-refractivity contribution >= 4 is 11.7 Å². The van der Waals surface area contributed by atoms with Crippen molar-refractivity contribution in [2.75, 3.05) is 44.2 Å². The fourth-order valence-corrected chi connectivity index (χ4v) is 3.80. The molecule has 5 nitrogen and oxygen atoms in total. The molecule has 2 saturated heterocycles. The molecule has 3 rings (SSSR count). The highest BCUT2D eigenvalue weighted by molar-refractivity contribution is 5.73. The monoisotopic (exact) mass is 330 g/mol. The number of likely N-dealkylation sites (tertiary alicyclic amines) is 1. The summed E-state index contributed by atoms with van der Waals surface area (Å²) in [5.41, 5.74) is 1.17. The number of piperazine rings is 1. The first-order valence-corrected chi connectivity index (χ1v) is 9.26. The van der Waals surface area contributed by atoms with Crippen LogP contribution in [0.3, 0.4) is 0 Å². The van der Waals surface area contributed by atoms with Crippen LogP contribution in [-0.4, -0.2) is 66.0 Å². The van der Waals surface area contributed by atoms with Crippen molar-refractivity contribution < 1.29 is 4.79 Å². The van der Waals surface area contributed by atoms with Gasteiger partial charge in [0.15, 0.2) is 0 Å². The summed E-state index contributed by atoms with van der Waals surface area (Å²) < 4.78 is 0. The van der Waals surface area contributed by atoms with Crippen LogP contribution in [0, 0.1) is 0 Å². The molecule has 0 spiro atoms. The van der Waals surface area contributed by atoms with E-state index in [0.717, 1.165) is 57.9 Å². The largest absolute Gasteiger partial charge is 0.354 e. The van der Waals surface area contributed by atoms with Crippen molar-refractivity contribution in [1.82, 2.24) is 14.8 Å². The Hall–Kier alpha value is -1.62. The van der Waals surface area contributed by atoms with E-state index in [0.29, 0.717) is 12.0 Å². The van der Waals surface area contributed by atoms with Gasteiger partial charge < -0.3 is 9.80 Å². The van der Waals surface area contributed by atoms with Gasteiger partial charge in [-0.15, -0.1) is 0 Å². The molecule has 1 amide bonds. The lowest BCUT2D eigenvalue weighted by atomic mass is 10.0. The zero-order valence-electron chi connectivity index (χ0n) is 15.2. The fourth-order valence-electron chi connectivity index (χ4n) is 3.80. The van der Waals surface area contributed by atoms with Gasteiger partial charge in [0.2, 0.25) is 5.91 Å². The highest BCUT2D eigenvalue weighted by atomic mass is 16.2. The van der Waals surface area contributed by atoms with Crippen LogP contribution in [0.1, 0.15) is 45.2 Å². The Balaban J connectivity index is 1.53. The Labute approximate surface area is 145 Å². The molecule has 0 aromatic carbocycles. The first-order chi connectivity index (χ1) is 11.5. The van der Waals surface area contributed by atoms with Gasteiger partial charge in [-0.2, -0.15) is 0 Å². The smallest absolute Gasteiger partial charge is 0.219 e. The topological polar surface area (TPSA) is 39.7 Å². The van der Waals surface area contributed by atoms with Gasteiger partial charge in [-0.1, -0.05) is 19.9 Å². The molecular formula is C19H30N4O. The SMILES string of the molecule is CC(=O)N1CCC(N2CCN(c3cccc(C(C)C)n3)CC2)CC1. The number of nitrogens with zero attached hydrogens (tertiary/aromatic N) is 4. The van der Waals surface area contributed by atoms with Crippen molar-refractivity contribution in [3.8, 4) is 0 Å². The molecule has 1 aromatic heterocycles. The number of carbonyl (C=O) groups excluding carboxylic acids is 1. The summed E-state index contributed by atoms with van der Waals surface area (Å²) in [6.07, 6.45) is 2.22. The van der Waals surface area contributed by atoms with E-state index in [-0.39, 0.29) is 5.91 Å². The van der Waals surface area contributed by atoms with Crippen LogP contribution < -0.4 is 4.90 Å². The van der Waals surface area contributed by atoms with Crippen LogP contribution in [0.5, 0.6) is 0 Å². The van der Waals surface area contributed by atoms with Gasteiger partial charge in [0.25, 0.3) is 0 Å². The maximum atomic E-state index is 11.5. The summed E-state index contributed by atoms with van der Waals surface area (Å²) in [6, 6.07) is 7.01. The summed E-state index contributed by atoms with van der Waals surface area (Å²) >= 11 is 0. The molecule has 3 heterocycles. The molecule has 0 atom stereocenters. The molecule has 0 saturated carbocycles. The second kappa shape index (κ2) is 7.51. The molecule has 2 aliphatic heterocycles. The molecule has 1 aromatic rings. The van der Waals surface area contributed by atoms with Crippen LogP contribution >= 0.6 is 0 Å². The van der Waals surface area contributed by atoms with Gasteiger partial charge >= 0.3 is 0 Å². The third kappa shape index (κ3) is 3.89. The van der Waals surface area contributed by atoms with E-state index >= 15 is 0 Å². The summed E-state index contributed by atoms with van der Waals surface area (Å²) in [4.78, 5) is 23.3.